The molecule has 0 aliphatic rings. The molecule has 0 bridgehead atoms. The van der Waals surface area contributed by atoms with Gasteiger partial charge in [-0.1, -0.05) is 60.7 Å². The smallest absolute Gasteiger partial charge is 0.407 e. The molecule has 12 nitrogen and oxygen atoms in total. The van der Waals surface area contributed by atoms with Gasteiger partial charge in [-0.2, -0.15) is 0 Å². The van der Waals surface area contributed by atoms with E-state index in [1.807, 2.05) is 100 Å². The Bertz CT molecular complexity index is 1400. The Labute approximate surface area is 301 Å². The number of carbonyl (C=O) groups is 4. The van der Waals surface area contributed by atoms with Crippen LogP contribution in [0.4, 0.5) is 16.2 Å². The summed E-state index contributed by atoms with van der Waals surface area (Å²) in [5.41, 5.74) is 8.46. The van der Waals surface area contributed by atoms with Gasteiger partial charge in [0.2, 0.25) is 12.8 Å². The summed E-state index contributed by atoms with van der Waals surface area (Å²) < 4.78 is 20.8. The number of nitrogens with one attached hydrogen (secondary N) is 3. The molecule has 0 radical (unpaired) electrons. The van der Waals surface area contributed by atoms with Crippen LogP contribution in [0.5, 0.6) is 11.5 Å². The number of ether oxygens (including phenoxy) is 4. The van der Waals surface area contributed by atoms with Crippen molar-refractivity contribution in [2.45, 2.75) is 38.8 Å². The first-order chi connectivity index (χ1) is 24.8. The van der Waals surface area contributed by atoms with Gasteiger partial charge in [-0.05, 0) is 86.3 Å². The minimum Gasteiger partial charge on any atom is -0.497 e. The number of alkyl carbamates (subject to hydrolysis) is 1. The molecule has 0 fully saturated rings. The Balaban J connectivity index is 0.000000790. The SMILES string of the molecule is C=O.CC(Cc1ccccc1)OCCOC(=O)N[C@H](C)Cc1ccccc1.CNc1ccc(OC)cc1.COc1ccc(NC=O)cc1.NC=O. The molecule has 0 aromatic heterocycles. The van der Waals surface area contributed by atoms with Crippen molar-refractivity contribution in [2.75, 3.05) is 45.1 Å². The number of carbonyl (C=O) groups excluding carboxylic acids is 4. The number of anilines is 2. The summed E-state index contributed by atoms with van der Waals surface area (Å²) in [6, 6.07) is 35.2. The molecule has 0 spiro atoms. The Kier molecular flexibility index (Phi) is 26.7. The molecule has 0 aliphatic heterocycles. The zero-order valence-electron chi connectivity index (χ0n) is 30.1. The molecule has 0 saturated heterocycles. The molecule has 4 aromatic rings. The van der Waals surface area contributed by atoms with Crippen molar-refractivity contribution in [1.82, 2.24) is 5.32 Å². The average molecular weight is 705 g/mol. The van der Waals surface area contributed by atoms with Gasteiger partial charge in [0.05, 0.1) is 26.9 Å². The highest BCUT2D eigenvalue weighted by Crippen LogP contribution is 2.14. The molecule has 12 heteroatoms. The van der Waals surface area contributed by atoms with Crippen LogP contribution in [0.15, 0.2) is 109 Å². The highest BCUT2D eigenvalue weighted by molar-refractivity contribution is 5.71. The molecule has 2 atom stereocenters. The maximum absolute atomic E-state index is 11.8. The van der Waals surface area contributed by atoms with Crippen LogP contribution in [0, 0.1) is 0 Å². The molecular weight excluding hydrogens is 652 g/mol. The highest BCUT2D eigenvalue weighted by atomic mass is 16.6. The molecule has 0 aliphatic carbocycles. The van der Waals surface area contributed by atoms with E-state index in [0.29, 0.717) is 13.0 Å². The monoisotopic (exact) mass is 704 g/mol. The number of benzene rings is 4. The van der Waals surface area contributed by atoms with Crippen molar-refractivity contribution >= 4 is 37.1 Å². The highest BCUT2D eigenvalue weighted by Gasteiger charge is 2.10. The van der Waals surface area contributed by atoms with Crippen molar-refractivity contribution < 1.29 is 38.1 Å². The number of amides is 3. The summed E-state index contributed by atoms with van der Waals surface area (Å²) in [6.45, 7) is 6.64. The third-order valence-electron chi connectivity index (χ3n) is 6.53. The van der Waals surface area contributed by atoms with Crippen LogP contribution in [-0.4, -0.2) is 72.3 Å². The molecule has 0 heterocycles. The van der Waals surface area contributed by atoms with E-state index in [1.54, 1.807) is 38.5 Å². The normalized spacial score (nSPS) is 10.4. The quantitative estimate of drug-likeness (QED) is 0.0922. The summed E-state index contributed by atoms with van der Waals surface area (Å²) in [5, 5.41) is 8.39. The average Bonchev–Trinajstić information content (AvgIpc) is 3.16. The Hall–Kier alpha value is -5.88. The van der Waals surface area contributed by atoms with Crippen LogP contribution in [0.3, 0.4) is 0 Å². The van der Waals surface area contributed by atoms with Gasteiger partial charge in [-0.25, -0.2) is 4.79 Å². The predicted molar refractivity (Wildman–Crippen MR) is 202 cm³/mol. The lowest BCUT2D eigenvalue weighted by Crippen LogP contribution is -2.35. The zero-order chi connectivity index (χ0) is 38.1. The van der Waals surface area contributed by atoms with Crippen LogP contribution in [-0.2, 0) is 36.7 Å². The molecule has 4 rings (SSSR count). The summed E-state index contributed by atoms with van der Waals surface area (Å²) in [6.07, 6.45) is 2.21. The first kappa shape index (κ1) is 45.1. The van der Waals surface area contributed by atoms with Crippen molar-refractivity contribution in [2.24, 2.45) is 5.73 Å². The fraction of sp³-hybridized carbons (Fsp3) is 0.282. The van der Waals surface area contributed by atoms with E-state index in [-0.39, 0.29) is 25.2 Å². The summed E-state index contributed by atoms with van der Waals surface area (Å²) in [7, 11) is 5.15. The van der Waals surface area contributed by atoms with Gasteiger partial charge in [0.25, 0.3) is 0 Å². The van der Waals surface area contributed by atoms with E-state index in [9.17, 15) is 9.59 Å². The fourth-order valence-electron chi connectivity index (χ4n) is 4.16. The number of rotatable bonds is 14. The molecule has 4 aromatic carbocycles. The van der Waals surface area contributed by atoms with Crippen LogP contribution < -0.4 is 31.2 Å². The number of methoxy groups -OCH3 is 2. The first-order valence-electron chi connectivity index (χ1n) is 16.0. The molecule has 0 saturated carbocycles. The lowest BCUT2D eigenvalue weighted by Gasteiger charge is -2.15. The molecule has 3 amide bonds. The van der Waals surface area contributed by atoms with Gasteiger partial charge < -0.3 is 45.4 Å². The predicted octanol–water partition coefficient (Wildman–Crippen LogP) is 5.91. The Morgan fingerprint density at radius 3 is 1.61 bits per heavy atom. The number of nitrogens with two attached hydrogens (primary N) is 1. The second-order valence-electron chi connectivity index (χ2n) is 10.3. The summed E-state index contributed by atoms with van der Waals surface area (Å²) >= 11 is 0. The lowest BCUT2D eigenvalue weighted by molar-refractivity contribution is -0.107. The summed E-state index contributed by atoms with van der Waals surface area (Å²) in [4.78, 5) is 38.4. The van der Waals surface area contributed by atoms with E-state index in [4.69, 9.17) is 28.5 Å². The van der Waals surface area contributed by atoms with E-state index >= 15 is 0 Å². The molecule has 1 unspecified atom stereocenters. The topological polar surface area (TPSA) is 167 Å². The van der Waals surface area contributed by atoms with Gasteiger partial charge in [0.1, 0.15) is 24.9 Å². The number of primary amides is 1. The van der Waals surface area contributed by atoms with E-state index in [0.717, 1.165) is 35.7 Å². The van der Waals surface area contributed by atoms with Gasteiger partial charge in [-0.15, -0.1) is 0 Å². The van der Waals surface area contributed by atoms with E-state index < -0.39 is 6.09 Å². The first-order valence-corrected chi connectivity index (χ1v) is 16.0. The van der Waals surface area contributed by atoms with E-state index in [1.165, 1.54) is 11.1 Å². The van der Waals surface area contributed by atoms with Gasteiger partial charge >= 0.3 is 6.09 Å². The Morgan fingerprint density at radius 2 is 1.18 bits per heavy atom. The lowest BCUT2D eigenvalue weighted by atomic mass is 10.1. The second kappa shape index (κ2) is 30.2. The van der Waals surface area contributed by atoms with Crippen LogP contribution >= 0.6 is 0 Å². The van der Waals surface area contributed by atoms with Crippen LogP contribution in [0.25, 0.3) is 0 Å². The van der Waals surface area contributed by atoms with E-state index in [2.05, 4.69) is 33.8 Å². The van der Waals surface area contributed by atoms with Gasteiger partial charge in [0, 0.05) is 24.5 Å². The van der Waals surface area contributed by atoms with Crippen molar-refractivity contribution in [3.05, 3.63) is 120 Å². The van der Waals surface area contributed by atoms with Crippen LogP contribution in [0.1, 0.15) is 25.0 Å². The van der Waals surface area contributed by atoms with Crippen molar-refractivity contribution in [3.63, 3.8) is 0 Å². The van der Waals surface area contributed by atoms with Crippen molar-refractivity contribution in [3.8, 4) is 11.5 Å². The zero-order valence-corrected chi connectivity index (χ0v) is 30.1. The maximum Gasteiger partial charge on any atom is 0.407 e. The Morgan fingerprint density at radius 1 is 0.725 bits per heavy atom. The minimum absolute atomic E-state index is 0.0211. The molecule has 276 valence electrons. The minimum atomic E-state index is -0.400. The maximum atomic E-state index is 11.8. The van der Waals surface area contributed by atoms with Crippen molar-refractivity contribution in [1.29, 1.82) is 0 Å². The molecule has 51 heavy (non-hydrogen) atoms. The third kappa shape index (κ3) is 23.2. The number of hydrogen-bond acceptors (Lipinski definition) is 9. The molecule has 5 N–H and O–H groups in total. The van der Waals surface area contributed by atoms with Gasteiger partial charge in [0.15, 0.2) is 0 Å². The standard InChI is InChI=1S/C21H27NO3.C8H9NO2.C8H11NO.CH3NO.CH2O/c1-17(15-19-9-5-3-6-10-19)22-21(23)25-14-13-24-18(2)16-20-11-7-4-8-12-20;1-11-8-4-2-7(3-5-8)9-6-10;1-9-7-3-5-8(10-2)6-4-7;2-1-3;1-2/h3-12,17-18H,13-16H2,1-2H3,(H,22,23);2-6H,1H3,(H,9,10);3-6,9H,1-2H3;1H,(H2,2,3);1H2/t17-,18?;;;;/m1..../s1. The summed E-state index contributed by atoms with van der Waals surface area (Å²) in [5.74, 6) is 1.67. The van der Waals surface area contributed by atoms with Gasteiger partial charge in [-0.3, -0.25) is 9.59 Å². The molecular formula is C39H52N4O8. The largest absolute Gasteiger partial charge is 0.497 e. The fourth-order valence-corrected chi connectivity index (χ4v) is 4.16. The third-order valence-corrected chi connectivity index (χ3v) is 6.53. The number of hydrogen-bond donors (Lipinski definition) is 4. The second-order valence-corrected chi connectivity index (χ2v) is 10.3. The van der Waals surface area contributed by atoms with Crippen LogP contribution in [0.2, 0.25) is 0 Å².